The molecular formula is C23H19F3N2O4. The van der Waals surface area contributed by atoms with Crippen LogP contribution in [-0.4, -0.2) is 25.5 Å². The number of amides is 2. The van der Waals surface area contributed by atoms with Crippen molar-refractivity contribution in [2.24, 2.45) is 0 Å². The number of alkyl halides is 3. The molecule has 1 aromatic heterocycles. The first kappa shape index (κ1) is 21.5. The lowest BCUT2D eigenvalue weighted by Crippen LogP contribution is -2.24. The van der Waals surface area contributed by atoms with Gasteiger partial charge in [-0.2, -0.15) is 13.2 Å². The summed E-state index contributed by atoms with van der Waals surface area (Å²) >= 11 is 0. The number of methoxy groups -OCH3 is 1. The predicted octanol–water partition coefficient (Wildman–Crippen LogP) is 5.35. The summed E-state index contributed by atoms with van der Waals surface area (Å²) in [5, 5.41) is 2.67. The van der Waals surface area contributed by atoms with E-state index in [2.05, 4.69) is 5.32 Å². The number of rotatable bonds is 5. The second kappa shape index (κ2) is 8.41. The SMILES string of the molecule is COc1cc(NC(=O)c2ccc(-c3cccc(C(F)(F)F)c3)o2)ccc1N1CCCC1=O. The first-order valence-electron chi connectivity index (χ1n) is 9.83. The molecule has 32 heavy (non-hydrogen) atoms. The van der Waals surface area contributed by atoms with E-state index in [0.29, 0.717) is 30.1 Å². The summed E-state index contributed by atoms with van der Waals surface area (Å²) in [7, 11) is 1.47. The van der Waals surface area contributed by atoms with E-state index >= 15 is 0 Å². The minimum Gasteiger partial charge on any atom is -0.494 e. The summed E-state index contributed by atoms with van der Waals surface area (Å²) in [6.45, 7) is 0.603. The van der Waals surface area contributed by atoms with Gasteiger partial charge in [0.1, 0.15) is 11.5 Å². The third kappa shape index (κ3) is 4.32. The van der Waals surface area contributed by atoms with Crippen LogP contribution in [0.2, 0.25) is 0 Å². The topological polar surface area (TPSA) is 71.8 Å². The van der Waals surface area contributed by atoms with Crippen LogP contribution in [-0.2, 0) is 11.0 Å². The summed E-state index contributed by atoms with van der Waals surface area (Å²) in [4.78, 5) is 26.2. The van der Waals surface area contributed by atoms with Crippen LogP contribution in [0.1, 0.15) is 29.0 Å². The van der Waals surface area contributed by atoms with Crippen LogP contribution in [0.4, 0.5) is 24.5 Å². The van der Waals surface area contributed by atoms with Crippen LogP contribution >= 0.6 is 0 Å². The number of hydrogen-bond donors (Lipinski definition) is 1. The van der Waals surface area contributed by atoms with Crippen LogP contribution in [0.5, 0.6) is 5.75 Å². The normalized spacial score (nSPS) is 14.0. The molecule has 0 unspecified atom stereocenters. The van der Waals surface area contributed by atoms with Gasteiger partial charge < -0.3 is 19.4 Å². The van der Waals surface area contributed by atoms with Crippen molar-refractivity contribution in [1.29, 1.82) is 0 Å². The molecule has 0 aliphatic carbocycles. The first-order chi connectivity index (χ1) is 15.3. The Morgan fingerprint density at radius 3 is 2.62 bits per heavy atom. The quantitative estimate of drug-likeness (QED) is 0.576. The number of hydrogen-bond acceptors (Lipinski definition) is 4. The Morgan fingerprint density at radius 2 is 1.94 bits per heavy atom. The van der Waals surface area contributed by atoms with Crippen molar-refractivity contribution < 1.29 is 31.9 Å². The lowest BCUT2D eigenvalue weighted by atomic mass is 10.1. The number of anilines is 2. The Kier molecular flexibility index (Phi) is 5.65. The Bertz CT molecular complexity index is 1170. The maximum atomic E-state index is 12.9. The van der Waals surface area contributed by atoms with E-state index in [0.717, 1.165) is 18.6 Å². The molecule has 1 N–H and O–H groups in total. The molecule has 2 heterocycles. The van der Waals surface area contributed by atoms with Gasteiger partial charge in [-0.3, -0.25) is 9.59 Å². The average Bonchev–Trinajstić information content (AvgIpc) is 3.43. The molecule has 166 valence electrons. The van der Waals surface area contributed by atoms with E-state index in [4.69, 9.17) is 9.15 Å². The molecule has 6 nitrogen and oxygen atoms in total. The van der Waals surface area contributed by atoms with Gasteiger partial charge in [0.05, 0.1) is 18.4 Å². The molecular weight excluding hydrogens is 425 g/mol. The standard InChI is InChI=1S/C23H19F3N2O4/c1-31-20-13-16(7-8-17(20)28-11-3-6-21(28)29)27-22(30)19-10-9-18(32-19)14-4-2-5-15(12-14)23(24,25)26/h2,4-5,7-10,12-13H,3,6,11H2,1H3,(H,27,30). The van der Waals surface area contributed by atoms with E-state index in [-0.39, 0.29) is 23.0 Å². The smallest absolute Gasteiger partial charge is 0.416 e. The number of furan rings is 1. The zero-order valence-electron chi connectivity index (χ0n) is 17.0. The fraction of sp³-hybridized carbons (Fsp3) is 0.217. The molecule has 2 amide bonds. The Balaban J connectivity index is 1.52. The van der Waals surface area contributed by atoms with Gasteiger partial charge in [-0.15, -0.1) is 0 Å². The zero-order chi connectivity index (χ0) is 22.9. The number of halogens is 3. The lowest BCUT2D eigenvalue weighted by molar-refractivity contribution is -0.137. The van der Waals surface area contributed by atoms with Crippen molar-refractivity contribution >= 4 is 23.2 Å². The maximum Gasteiger partial charge on any atom is 0.416 e. The molecule has 1 aliphatic heterocycles. The fourth-order valence-electron chi connectivity index (χ4n) is 3.54. The van der Waals surface area contributed by atoms with Gasteiger partial charge >= 0.3 is 6.18 Å². The zero-order valence-corrected chi connectivity index (χ0v) is 17.0. The number of nitrogens with zero attached hydrogens (tertiary/aromatic N) is 1. The van der Waals surface area contributed by atoms with Gasteiger partial charge in [0.25, 0.3) is 5.91 Å². The van der Waals surface area contributed by atoms with Crippen LogP contribution in [0.25, 0.3) is 11.3 Å². The molecule has 0 bridgehead atoms. The predicted molar refractivity (Wildman–Crippen MR) is 112 cm³/mol. The van der Waals surface area contributed by atoms with Crippen molar-refractivity contribution in [2.75, 3.05) is 23.9 Å². The Morgan fingerprint density at radius 1 is 1.12 bits per heavy atom. The second-order valence-electron chi connectivity index (χ2n) is 7.23. The molecule has 4 rings (SSSR count). The van der Waals surface area contributed by atoms with Gasteiger partial charge in [0, 0.05) is 30.3 Å². The molecule has 0 atom stereocenters. The highest BCUT2D eigenvalue weighted by atomic mass is 19.4. The Hall–Kier alpha value is -3.75. The third-order valence-corrected chi connectivity index (χ3v) is 5.11. The van der Waals surface area contributed by atoms with Gasteiger partial charge in [0.2, 0.25) is 5.91 Å². The highest BCUT2D eigenvalue weighted by Crippen LogP contribution is 2.35. The average molecular weight is 444 g/mol. The number of carbonyl (C=O) groups excluding carboxylic acids is 2. The third-order valence-electron chi connectivity index (χ3n) is 5.11. The van der Waals surface area contributed by atoms with Crippen LogP contribution in [0, 0.1) is 0 Å². The summed E-state index contributed by atoms with van der Waals surface area (Å²) < 4.78 is 49.7. The van der Waals surface area contributed by atoms with Crippen molar-refractivity contribution in [3.8, 4) is 17.1 Å². The fourth-order valence-corrected chi connectivity index (χ4v) is 3.54. The van der Waals surface area contributed by atoms with Crippen LogP contribution < -0.4 is 15.0 Å². The van der Waals surface area contributed by atoms with Gasteiger partial charge in [0.15, 0.2) is 5.76 Å². The van der Waals surface area contributed by atoms with Gasteiger partial charge in [-0.05, 0) is 42.8 Å². The molecule has 2 aromatic carbocycles. The number of benzene rings is 2. The van der Waals surface area contributed by atoms with Crippen molar-refractivity contribution in [3.63, 3.8) is 0 Å². The summed E-state index contributed by atoms with van der Waals surface area (Å²) in [5.74, 6) is -0.0490. The highest BCUT2D eigenvalue weighted by Gasteiger charge is 2.30. The molecule has 1 fully saturated rings. The monoisotopic (exact) mass is 444 g/mol. The van der Waals surface area contributed by atoms with E-state index in [1.807, 2.05) is 0 Å². The lowest BCUT2D eigenvalue weighted by Gasteiger charge is -2.19. The number of carbonyl (C=O) groups is 2. The molecule has 1 saturated heterocycles. The molecule has 1 aliphatic rings. The summed E-state index contributed by atoms with van der Waals surface area (Å²) in [6.07, 6.45) is -3.23. The minimum absolute atomic E-state index is 0.0118. The van der Waals surface area contributed by atoms with Crippen LogP contribution in [0.3, 0.4) is 0 Å². The maximum absolute atomic E-state index is 12.9. The van der Waals surface area contributed by atoms with E-state index in [9.17, 15) is 22.8 Å². The molecule has 0 spiro atoms. The van der Waals surface area contributed by atoms with Crippen molar-refractivity contribution in [1.82, 2.24) is 0 Å². The molecule has 3 aromatic rings. The first-order valence-corrected chi connectivity index (χ1v) is 9.83. The number of ether oxygens (including phenoxy) is 1. The van der Waals surface area contributed by atoms with Crippen LogP contribution in [0.15, 0.2) is 59.0 Å². The second-order valence-corrected chi connectivity index (χ2v) is 7.23. The van der Waals surface area contributed by atoms with Gasteiger partial charge in [-0.25, -0.2) is 0 Å². The Labute approximate surface area is 181 Å². The van der Waals surface area contributed by atoms with E-state index in [1.165, 1.54) is 31.4 Å². The molecule has 9 heteroatoms. The van der Waals surface area contributed by atoms with E-state index < -0.39 is 17.6 Å². The highest BCUT2D eigenvalue weighted by molar-refractivity contribution is 6.03. The molecule has 0 radical (unpaired) electrons. The summed E-state index contributed by atoms with van der Waals surface area (Å²) in [5.41, 5.74) is 0.443. The largest absolute Gasteiger partial charge is 0.494 e. The number of nitrogens with one attached hydrogen (secondary N) is 1. The molecule has 0 saturated carbocycles. The van der Waals surface area contributed by atoms with E-state index in [1.54, 1.807) is 23.1 Å². The summed E-state index contributed by atoms with van der Waals surface area (Å²) in [6, 6.07) is 12.4. The van der Waals surface area contributed by atoms with Crippen molar-refractivity contribution in [2.45, 2.75) is 19.0 Å². The van der Waals surface area contributed by atoms with Gasteiger partial charge in [-0.1, -0.05) is 12.1 Å². The minimum atomic E-state index is -4.48. The van der Waals surface area contributed by atoms with Crippen molar-refractivity contribution in [3.05, 3.63) is 65.9 Å².